The summed E-state index contributed by atoms with van der Waals surface area (Å²) in [5, 5.41) is 21.9. The second kappa shape index (κ2) is 7.31. The highest BCUT2D eigenvalue weighted by atomic mass is 16.3. The fourth-order valence-electron chi connectivity index (χ4n) is 4.71. The fraction of sp³-hybridized carbons (Fsp3) is 0.462. The predicted molar refractivity (Wildman–Crippen MR) is 117 cm³/mol. The van der Waals surface area contributed by atoms with Crippen LogP contribution in [-0.2, 0) is 0 Å². The molecule has 2 aromatic carbocycles. The zero-order chi connectivity index (χ0) is 20.8. The number of allylic oxidation sites excluding steroid dienone is 2. The van der Waals surface area contributed by atoms with Crippen molar-refractivity contribution in [2.75, 3.05) is 0 Å². The van der Waals surface area contributed by atoms with Crippen LogP contribution in [0.1, 0.15) is 66.5 Å². The van der Waals surface area contributed by atoms with Crippen molar-refractivity contribution in [2.45, 2.75) is 60.8 Å². The van der Waals surface area contributed by atoms with E-state index >= 15 is 0 Å². The first-order chi connectivity index (χ1) is 13.0. The smallest absolute Gasteiger partial charge is 0.122 e. The monoisotopic (exact) mass is 378 g/mol. The minimum atomic E-state index is -0.0589. The SMILES string of the molecule is Cc1cc(C)c(O)c(C(CC2C=CC(C)C2(C)C)c2cc(C)cc(C)c2O)c1. The van der Waals surface area contributed by atoms with Gasteiger partial charge in [0.15, 0.2) is 0 Å². The Bertz CT molecular complexity index is 863. The topological polar surface area (TPSA) is 40.5 Å². The Hall–Kier alpha value is -2.22. The van der Waals surface area contributed by atoms with Crippen LogP contribution in [0.2, 0.25) is 0 Å². The van der Waals surface area contributed by atoms with Gasteiger partial charge in [-0.3, -0.25) is 0 Å². The lowest BCUT2D eigenvalue weighted by Gasteiger charge is -2.35. The number of benzene rings is 2. The molecular weight excluding hydrogens is 344 g/mol. The molecule has 3 rings (SSSR count). The zero-order valence-corrected chi connectivity index (χ0v) is 18.3. The summed E-state index contributed by atoms with van der Waals surface area (Å²) in [6.45, 7) is 14.9. The van der Waals surface area contributed by atoms with Crippen LogP contribution in [0.25, 0.3) is 0 Å². The molecule has 2 nitrogen and oxygen atoms in total. The number of aromatic hydroxyl groups is 2. The van der Waals surface area contributed by atoms with Gasteiger partial charge in [-0.15, -0.1) is 0 Å². The summed E-state index contributed by atoms with van der Waals surface area (Å²) in [5.41, 5.74) is 6.03. The van der Waals surface area contributed by atoms with Crippen molar-refractivity contribution in [3.8, 4) is 11.5 Å². The Balaban J connectivity index is 2.17. The summed E-state index contributed by atoms with van der Waals surface area (Å²) in [4.78, 5) is 0. The van der Waals surface area contributed by atoms with Crippen LogP contribution < -0.4 is 0 Å². The van der Waals surface area contributed by atoms with Gasteiger partial charge in [0.25, 0.3) is 0 Å². The average Bonchev–Trinajstić information content (AvgIpc) is 2.85. The summed E-state index contributed by atoms with van der Waals surface area (Å²) in [6.07, 6.45) is 5.50. The van der Waals surface area contributed by atoms with Gasteiger partial charge >= 0.3 is 0 Å². The van der Waals surface area contributed by atoms with Crippen LogP contribution in [-0.4, -0.2) is 10.2 Å². The Morgan fingerprint density at radius 3 is 1.68 bits per heavy atom. The van der Waals surface area contributed by atoms with Crippen LogP contribution in [0.5, 0.6) is 11.5 Å². The molecule has 2 atom stereocenters. The van der Waals surface area contributed by atoms with Crippen molar-refractivity contribution < 1.29 is 10.2 Å². The Morgan fingerprint density at radius 2 is 1.29 bits per heavy atom. The molecule has 0 radical (unpaired) electrons. The number of hydrogen-bond donors (Lipinski definition) is 2. The first-order valence-corrected chi connectivity index (χ1v) is 10.3. The molecule has 2 aromatic rings. The lowest BCUT2D eigenvalue weighted by atomic mass is 9.70. The number of hydrogen-bond acceptors (Lipinski definition) is 2. The molecular formula is C26H34O2. The third-order valence-electron chi connectivity index (χ3n) is 6.95. The molecule has 0 amide bonds. The van der Waals surface area contributed by atoms with E-state index in [4.69, 9.17) is 0 Å². The van der Waals surface area contributed by atoms with E-state index in [0.29, 0.717) is 23.3 Å². The molecule has 0 spiro atoms. The molecule has 150 valence electrons. The first-order valence-electron chi connectivity index (χ1n) is 10.3. The number of phenols is 2. The lowest BCUT2D eigenvalue weighted by molar-refractivity contribution is 0.202. The molecule has 28 heavy (non-hydrogen) atoms. The number of aryl methyl sites for hydroxylation is 4. The normalized spacial score (nSPS) is 20.9. The molecule has 0 bridgehead atoms. The van der Waals surface area contributed by atoms with Gasteiger partial charge in [-0.25, -0.2) is 0 Å². The van der Waals surface area contributed by atoms with Gasteiger partial charge in [-0.1, -0.05) is 68.3 Å². The van der Waals surface area contributed by atoms with Gasteiger partial charge < -0.3 is 10.2 Å². The van der Waals surface area contributed by atoms with Crippen molar-refractivity contribution >= 4 is 0 Å². The van der Waals surface area contributed by atoms with E-state index in [-0.39, 0.29) is 11.3 Å². The minimum absolute atomic E-state index is 0.0589. The molecule has 2 heteroatoms. The van der Waals surface area contributed by atoms with E-state index in [1.165, 1.54) is 0 Å². The third-order valence-corrected chi connectivity index (χ3v) is 6.95. The van der Waals surface area contributed by atoms with Gasteiger partial charge in [0.2, 0.25) is 0 Å². The molecule has 0 heterocycles. The lowest BCUT2D eigenvalue weighted by Crippen LogP contribution is -2.26. The maximum Gasteiger partial charge on any atom is 0.122 e. The van der Waals surface area contributed by atoms with Crippen molar-refractivity contribution in [2.24, 2.45) is 17.3 Å². The van der Waals surface area contributed by atoms with Crippen molar-refractivity contribution in [3.05, 3.63) is 69.8 Å². The van der Waals surface area contributed by atoms with Crippen molar-refractivity contribution in [1.29, 1.82) is 0 Å². The van der Waals surface area contributed by atoms with E-state index in [0.717, 1.165) is 39.8 Å². The molecule has 2 N–H and O–H groups in total. The van der Waals surface area contributed by atoms with Crippen molar-refractivity contribution in [1.82, 2.24) is 0 Å². The molecule has 0 aromatic heterocycles. The number of phenolic OH excluding ortho intramolecular Hbond substituents is 2. The second-order valence-corrected chi connectivity index (χ2v) is 9.43. The second-order valence-electron chi connectivity index (χ2n) is 9.43. The van der Waals surface area contributed by atoms with E-state index in [1.807, 2.05) is 26.0 Å². The van der Waals surface area contributed by atoms with Gasteiger partial charge in [0.05, 0.1) is 0 Å². The van der Waals surface area contributed by atoms with E-state index in [1.54, 1.807) is 0 Å². The van der Waals surface area contributed by atoms with Gasteiger partial charge in [-0.2, -0.15) is 0 Å². The largest absolute Gasteiger partial charge is 0.507 e. The van der Waals surface area contributed by atoms with Crippen LogP contribution in [0.15, 0.2) is 36.4 Å². The number of rotatable bonds is 4. The summed E-state index contributed by atoms with van der Waals surface area (Å²) in [7, 11) is 0. The van der Waals surface area contributed by atoms with Crippen LogP contribution in [0.3, 0.4) is 0 Å². The molecule has 1 aliphatic rings. The summed E-state index contributed by atoms with van der Waals surface area (Å²) >= 11 is 0. The van der Waals surface area contributed by atoms with E-state index in [9.17, 15) is 10.2 Å². The molecule has 1 aliphatic carbocycles. The summed E-state index contributed by atoms with van der Waals surface area (Å²) in [6, 6.07) is 8.19. The summed E-state index contributed by atoms with van der Waals surface area (Å²) in [5.74, 6) is 1.53. The van der Waals surface area contributed by atoms with Crippen LogP contribution >= 0.6 is 0 Å². The molecule has 2 unspecified atom stereocenters. The first kappa shape index (κ1) is 20.5. The molecule has 0 saturated heterocycles. The van der Waals surface area contributed by atoms with E-state index in [2.05, 4.69) is 58.9 Å². The van der Waals surface area contributed by atoms with Gasteiger partial charge in [0, 0.05) is 17.0 Å². The third kappa shape index (κ3) is 3.57. The predicted octanol–water partition coefficient (Wildman–Crippen LogP) is 6.70. The Labute approximate surface area is 169 Å². The molecule has 0 aliphatic heterocycles. The standard InChI is InChI=1S/C26H34O2/c1-15-10-17(3)24(27)22(12-15)21(14-20-9-8-19(5)26(20,6)7)23-13-16(2)11-18(4)25(23)28/h8-13,19-21,27-28H,14H2,1-7H3. The molecule has 0 fully saturated rings. The highest BCUT2D eigenvalue weighted by molar-refractivity contribution is 5.53. The van der Waals surface area contributed by atoms with Crippen molar-refractivity contribution in [3.63, 3.8) is 0 Å². The molecule has 0 saturated carbocycles. The summed E-state index contributed by atoms with van der Waals surface area (Å²) < 4.78 is 0. The van der Waals surface area contributed by atoms with Gasteiger partial charge in [0.1, 0.15) is 11.5 Å². The maximum atomic E-state index is 10.9. The highest BCUT2D eigenvalue weighted by Crippen LogP contribution is 2.50. The quantitative estimate of drug-likeness (QED) is 0.581. The minimum Gasteiger partial charge on any atom is -0.507 e. The Morgan fingerprint density at radius 1 is 0.821 bits per heavy atom. The van der Waals surface area contributed by atoms with Gasteiger partial charge in [-0.05, 0) is 62.5 Å². The maximum absolute atomic E-state index is 10.9. The zero-order valence-electron chi connectivity index (χ0n) is 18.3. The van der Waals surface area contributed by atoms with Crippen LogP contribution in [0.4, 0.5) is 0 Å². The van der Waals surface area contributed by atoms with Crippen LogP contribution in [0, 0.1) is 44.9 Å². The average molecular weight is 379 g/mol. The highest BCUT2D eigenvalue weighted by Gasteiger charge is 2.39. The Kier molecular flexibility index (Phi) is 5.36. The van der Waals surface area contributed by atoms with E-state index < -0.39 is 0 Å². The fourth-order valence-corrected chi connectivity index (χ4v) is 4.71.